The van der Waals surface area contributed by atoms with Crippen molar-refractivity contribution in [2.24, 2.45) is 0 Å². The first-order valence-electron chi connectivity index (χ1n) is 8.39. The molecule has 22 heavy (non-hydrogen) atoms. The summed E-state index contributed by atoms with van der Waals surface area (Å²) >= 11 is 0. The lowest BCUT2D eigenvalue weighted by atomic mass is 9.99. The first-order valence-corrected chi connectivity index (χ1v) is 8.39. The second-order valence-electron chi connectivity index (χ2n) is 6.75. The number of para-hydroxylation sites is 1. The molecule has 0 radical (unpaired) electrons. The van der Waals surface area contributed by atoms with E-state index in [2.05, 4.69) is 59.0 Å². The van der Waals surface area contributed by atoms with Gasteiger partial charge in [0.05, 0.1) is 18.0 Å². The van der Waals surface area contributed by atoms with E-state index in [4.69, 9.17) is 4.74 Å². The maximum Gasteiger partial charge on any atom is 0.119 e. The molecule has 0 amide bonds. The third-order valence-corrected chi connectivity index (χ3v) is 5.06. The average Bonchev–Trinajstić information content (AvgIpc) is 3.01. The second-order valence-corrected chi connectivity index (χ2v) is 6.75. The summed E-state index contributed by atoms with van der Waals surface area (Å²) in [7, 11) is 0. The molecule has 2 aromatic rings. The van der Waals surface area contributed by atoms with Crippen LogP contribution < -0.4 is 0 Å². The molecule has 0 saturated carbocycles. The fraction of sp³-hybridized carbons (Fsp3) is 0.474. The highest BCUT2D eigenvalue weighted by atomic mass is 16.5. The van der Waals surface area contributed by atoms with Gasteiger partial charge >= 0.3 is 0 Å². The third-order valence-electron chi connectivity index (χ3n) is 5.06. The Balaban J connectivity index is 1.70. The van der Waals surface area contributed by atoms with Crippen LogP contribution in [0.5, 0.6) is 0 Å². The molecular formula is C19H24N2O. The van der Waals surface area contributed by atoms with Crippen LogP contribution in [0, 0.1) is 0 Å². The monoisotopic (exact) mass is 296 g/mol. The van der Waals surface area contributed by atoms with Gasteiger partial charge in [0.15, 0.2) is 0 Å². The molecular weight excluding hydrogens is 272 g/mol. The number of piperidine rings is 1. The molecule has 3 heteroatoms. The SMILES string of the molecule is CC1(CN2CCCCC2)OCc2ccccc2-n2cccc21. The fourth-order valence-electron chi connectivity index (χ4n) is 3.87. The predicted octanol–water partition coefficient (Wildman–Crippen LogP) is 3.71. The number of ether oxygens (including phenoxy) is 1. The number of aromatic nitrogens is 1. The van der Waals surface area contributed by atoms with E-state index in [1.54, 1.807) is 0 Å². The van der Waals surface area contributed by atoms with Gasteiger partial charge in [-0.1, -0.05) is 24.6 Å². The minimum Gasteiger partial charge on any atom is -0.363 e. The van der Waals surface area contributed by atoms with Gasteiger partial charge in [-0.05, 0) is 51.1 Å². The lowest BCUT2D eigenvalue weighted by Crippen LogP contribution is -2.43. The molecule has 3 nitrogen and oxygen atoms in total. The van der Waals surface area contributed by atoms with Gasteiger partial charge in [-0.15, -0.1) is 0 Å². The molecule has 1 aromatic carbocycles. The lowest BCUT2D eigenvalue weighted by Gasteiger charge is -2.36. The van der Waals surface area contributed by atoms with Crippen molar-refractivity contribution in [1.82, 2.24) is 9.47 Å². The Morgan fingerprint density at radius 1 is 1.05 bits per heavy atom. The Bertz CT molecular complexity index is 657. The van der Waals surface area contributed by atoms with Gasteiger partial charge in [-0.25, -0.2) is 0 Å². The van der Waals surface area contributed by atoms with Crippen molar-refractivity contribution in [3.05, 3.63) is 53.9 Å². The highest BCUT2D eigenvalue weighted by Gasteiger charge is 2.35. The van der Waals surface area contributed by atoms with E-state index in [1.165, 1.54) is 49.3 Å². The van der Waals surface area contributed by atoms with Crippen LogP contribution in [0.2, 0.25) is 0 Å². The van der Waals surface area contributed by atoms with Crippen molar-refractivity contribution >= 4 is 0 Å². The normalized spacial score (nSPS) is 25.3. The minimum atomic E-state index is -0.250. The summed E-state index contributed by atoms with van der Waals surface area (Å²) in [6.07, 6.45) is 6.17. The standard InChI is InChI=1S/C19H24N2O/c1-19(15-20-11-5-2-6-12-20)18-10-7-13-21(18)17-9-4-3-8-16(17)14-22-19/h3-4,7-10,13H,2,5-6,11-12,14-15H2,1H3. The molecule has 1 atom stereocenters. The minimum absolute atomic E-state index is 0.250. The Morgan fingerprint density at radius 2 is 1.86 bits per heavy atom. The molecule has 0 aliphatic carbocycles. The quantitative estimate of drug-likeness (QED) is 0.840. The number of nitrogens with zero attached hydrogens (tertiary/aromatic N) is 2. The van der Waals surface area contributed by atoms with Crippen molar-refractivity contribution in [3.63, 3.8) is 0 Å². The molecule has 2 aliphatic heterocycles. The zero-order valence-corrected chi connectivity index (χ0v) is 13.3. The number of benzene rings is 1. The summed E-state index contributed by atoms with van der Waals surface area (Å²) in [5.74, 6) is 0. The van der Waals surface area contributed by atoms with Crippen molar-refractivity contribution < 1.29 is 4.74 Å². The Hall–Kier alpha value is -1.58. The zero-order chi connectivity index (χ0) is 15.0. The zero-order valence-electron chi connectivity index (χ0n) is 13.3. The number of hydrogen-bond donors (Lipinski definition) is 0. The van der Waals surface area contributed by atoms with Crippen LogP contribution in [-0.2, 0) is 16.9 Å². The van der Waals surface area contributed by atoms with Crippen LogP contribution in [-0.4, -0.2) is 29.1 Å². The van der Waals surface area contributed by atoms with Gasteiger partial charge in [0.2, 0.25) is 0 Å². The van der Waals surface area contributed by atoms with Crippen molar-refractivity contribution in [2.75, 3.05) is 19.6 Å². The van der Waals surface area contributed by atoms with E-state index in [9.17, 15) is 0 Å². The molecule has 1 saturated heterocycles. The van der Waals surface area contributed by atoms with Crippen molar-refractivity contribution in [2.45, 2.75) is 38.4 Å². The van der Waals surface area contributed by atoms with Gasteiger partial charge in [-0.3, -0.25) is 0 Å². The molecule has 0 bridgehead atoms. The molecule has 1 aromatic heterocycles. The summed E-state index contributed by atoms with van der Waals surface area (Å²) in [6.45, 7) is 6.31. The van der Waals surface area contributed by atoms with Crippen LogP contribution in [0.25, 0.3) is 5.69 Å². The molecule has 0 N–H and O–H groups in total. The first-order chi connectivity index (χ1) is 10.8. The summed E-state index contributed by atoms with van der Waals surface area (Å²) < 4.78 is 8.75. The highest BCUT2D eigenvalue weighted by Crippen LogP contribution is 2.35. The predicted molar refractivity (Wildman–Crippen MR) is 88.2 cm³/mol. The van der Waals surface area contributed by atoms with E-state index < -0.39 is 0 Å². The largest absolute Gasteiger partial charge is 0.363 e. The van der Waals surface area contributed by atoms with Crippen LogP contribution in [0.3, 0.4) is 0 Å². The van der Waals surface area contributed by atoms with Gasteiger partial charge in [-0.2, -0.15) is 0 Å². The molecule has 1 fully saturated rings. The van der Waals surface area contributed by atoms with Crippen molar-refractivity contribution in [1.29, 1.82) is 0 Å². The van der Waals surface area contributed by atoms with E-state index >= 15 is 0 Å². The van der Waals surface area contributed by atoms with E-state index in [0.717, 1.165) is 6.54 Å². The molecule has 1 unspecified atom stereocenters. The summed E-state index contributed by atoms with van der Waals surface area (Å²) in [5.41, 5.74) is 3.54. The molecule has 3 heterocycles. The molecule has 2 aliphatic rings. The summed E-state index contributed by atoms with van der Waals surface area (Å²) in [6, 6.07) is 12.9. The van der Waals surface area contributed by atoms with Crippen LogP contribution >= 0.6 is 0 Å². The van der Waals surface area contributed by atoms with Gasteiger partial charge < -0.3 is 14.2 Å². The molecule has 116 valence electrons. The lowest BCUT2D eigenvalue weighted by molar-refractivity contribution is -0.0720. The fourth-order valence-corrected chi connectivity index (χ4v) is 3.87. The van der Waals surface area contributed by atoms with Gasteiger partial charge in [0.1, 0.15) is 5.60 Å². The second kappa shape index (κ2) is 5.56. The molecule has 4 rings (SSSR count). The topological polar surface area (TPSA) is 17.4 Å². The molecule has 0 spiro atoms. The number of likely N-dealkylation sites (tertiary alicyclic amines) is 1. The van der Waals surface area contributed by atoms with Gasteiger partial charge in [0.25, 0.3) is 0 Å². The first kappa shape index (κ1) is 14.0. The number of hydrogen-bond acceptors (Lipinski definition) is 2. The van der Waals surface area contributed by atoms with Crippen molar-refractivity contribution in [3.8, 4) is 5.69 Å². The summed E-state index contributed by atoms with van der Waals surface area (Å²) in [4.78, 5) is 2.57. The van der Waals surface area contributed by atoms with E-state index in [-0.39, 0.29) is 5.60 Å². The summed E-state index contributed by atoms with van der Waals surface area (Å²) in [5, 5.41) is 0. The average molecular weight is 296 g/mol. The smallest absolute Gasteiger partial charge is 0.119 e. The van der Waals surface area contributed by atoms with Gasteiger partial charge in [0, 0.05) is 18.3 Å². The van der Waals surface area contributed by atoms with E-state index in [0.29, 0.717) is 6.61 Å². The maximum atomic E-state index is 6.44. The van der Waals surface area contributed by atoms with Crippen LogP contribution in [0.1, 0.15) is 37.4 Å². The highest BCUT2D eigenvalue weighted by molar-refractivity contribution is 5.45. The maximum absolute atomic E-state index is 6.44. The number of fused-ring (bicyclic) bond motifs is 3. The van der Waals surface area contributed by atoms with E-state index in [1.807, 2.05) is 0 Å². The third kappa shape index (κ3) is 2.38. The Morgan fingerprint density at radius 3 is 2.73 bits per heavy atom. The van der Waals surface area contributed by atoms with Crippen LogP contribution in [0.15, 0.2) is 42.6 Å². The Kier molecular flexibility index (Phi) is 3.55. The Labute approximate surface area is 132 Å². The van der Waals surface area contributed by atoms with Crippen LogP contribution in [0.4, 0.5) is 0 Å². The number of rotatable bonds is 2.